The Hall–Kier alpha value is -2.62. The maximum absolute atomic E-state index is 12.6. The molecule has 0 spiro atoms. The van der Waals surface area contributed by atoms with Crippen molar-refractivity contribution in [3.8, 4) is 22.3 Å². The lowest BCUT2D eigenvalue weighted by molar-refractivity contribution is 0.0950. The molecule has 1 saturated heterocycles. The van der Waals surface area contributed by atoms with Gasteiger partial charge in [0.05, 0.1) is 0 Å². The number of amides is 1. The Kier molecular flexibility index (Phi) is 6.28. The lowest BCUT2D eigenvalue weighted by Gasteiger charge is -2.15. The van der Waals surface area contributed by atoms with Gasteiger partial charge in [-0.1, -0.05) is 66.2 Å². The Morgan fingerprint density at radius 3 is 2.24 bits per heavy atom. The van der Waals surface area contributed by atoms with E-state index in [1.807, 2.05) is 24.3 Å². The zero-order chi connectivity index (χ0) is 20.1. The lowest BCUT2D eigenvalue weighted by atomic mass is 9.99. The minimum Gasteiger partial charge on any atom is -0.351 e. The van der Waals surface area contributed by atoms with Crippen LogP contribution < -0.4 is 5.32 Å². The van der Waals surface area contributed by atoms with E-state index in [4.69, 9.17) is 11.6 Å². The van der Waals surface area contributed by atoms with Crippen molar-refractivity contribution in [3.63, 3.8) is 0 Å². The molecule has 4 rings (SSSR count). The SMILES string of the molecule is O=C(NCCN1CCCC1)c1ccc(Cl)c(-c2ccc(-c3ccccc3)cc2)c1. The smallest absolute Gasteiger partial charge is 0.251 e. The molecule has 1 aliphatic heterocycles. The van der Waals surface area contributed by atoms with Gasteiger partial charge in [0.1, 0.15) is 0 Å². The number of hydrogen-bond donors (Lipinski definition) is 1. The van der Waals surface area contributed by atoms with Crippen LogP contribution in [0, 0.1) is 0 Å². The van der Waals surface area contributed by atoms with Crippen LogP contribution in [0.15, 0.2) is 72.8 Å². The number of likely N-dealkylation sites (tertiary alicyclic amines) is 1. The predicted octanol–water partition coefficient (Wildman–Crippen LogP) is 5.50. The summed E-state index contributed by atoms with van der Waals surface area (Å²) in [6, 6.07) is 24.0. The number of carbonyl (C=O) groups excluding carboxylic acids is 1. The molecular weight excluding hydrogens is 380 g/mol. The molecule has 3 aromatic carbocycles. The van der Waals surface area contributed by atoms with Crippen molar-refractivity contribution in [2.45, 2.75) is 12.8 Å². The van der Waals surface area contributed by atoms with Gasteiger partial charge in [0.15, 0.2) is 0 Å². The summed E-state index contributed by atoms with van der Waals surface area (Å²) in [5, 5.41) is 3.68. The Morgan fingerprint density at radius 1 is 0.862 bits per heavy atom. The largest absolute Gasteiger partial charge is 0.351 e. The third-order valence-corrected chi connectivity index (χ3v) is 5.77. The van der Waals surface area contributed by atoms with Crippen LogP contribution >= 0.6 is 11.6 Å². The molecule has 0 aromatic heterocycles. The molecule has 0 aliphatic carbocycles. The summed E-state index contributed by atoms with van der Waals surface area (Å²) < 4.78 is 0. The monoisotopic (exact) mass is 404 g/mol. The van der Waals surface area contributed by atoms with Crippen molar-refractivity contribution in [1.82, 2.24) is 10.2 Å². The molecule has 1 fully saturated rings. The number of hydrogen-bond acceptors (Lipinski definition) is 2. The number of nitrogens with zero attached hydrogens (tertiary/aromatic N) is 1. The fourth-order valence-electron chi connectivity index (χ4n) is 3.80. The fourth-order valence-corrected chi connectivity index (χ4v) is 4.02. The van der Waals surface area contributed by atoms with Gasteiger partial charge in [-0.2, -0.15) is 0 Å². The standard InChI is InChI=1S/C25H25ClN2O/c26-24-13-12-22(25(29)27-14-17-28-15-4-5-16-28)18-23(24)21-10-8-20(9-11-21)19-6-2-1-3-7-19/h1-3,6-13,18H,4-5,14-17H2,(H,27,29). The zero-order valence-electron chi connectivity index (χ0n) is 16.4. The molecule has 4 heteroatoms. The summed E-state index contributed by atoms with van der Waals surface area (Å²) in [5.41, 5.74) is 4.84. The molecule has 29 heavy (non-hydrogen) atoms. The average Bonchev–Trinajstić information content (AvgIpc) is 3.28. The molecule has 1 N–H and O–H groups in total. The third-order valence-electron chi connectivity index (χ3n) is 5.44. The summed E-state index contributed by atoms with van der Waals surface area (Å²) >= 11 is 6.44. The first-order valence-electron chi connectivity index (χ1n) is 10.2. The van der Waals surface area contributed by atoms with Crippen molar-refractivity contribution >= 4 is 17.5 Å². The first-order chi connectivity index (χ1) is 14.2. The van der Waals surface area contributed by atoms with Crippen molar-refractivity contribution in [1.29, 1.82) is 0 Å². The Labute approximate surface area is 177 Å². The first-order valence-corrected chi connectivity index (χ1v) is 10.5. The van der Waals surface area contributed by atoms with E-state index in [2.05, 4.69) is 46.6 Å². The van der Waals surface area contributed by atoms with Crippen LogP contribution in [0.1, 0.15) is 23.2 Å². The molecule has 3 nitrogen and oxygen atoms in total. The Morgan fingerprint density at radius 2 is 1.52 bits per heavy atom. The second kappa shape index (κ2) is 9.25. The van der Waals surface area contributed by atoms with Crippen molar-refractivity contribution in [2.24, 2.45) is 0 Å². The van der Waals surface area contributed by atoms with Gasteiger partial charge in [0, 0.05) is 29.2 Å². The molecule has 1 aliphatic rings. The minimum atomic E-state index is -0.0528. The van der Waals surface area contributed by atoms with Crippen LogP contribution in [0.5, 0.6) is 0 Å². The van der Waals surface area contributed by atoms with Crippen molar-refractivity contribution in [2.75, 3.05) is 26.2 Å². The maximum Gasteiger partial charge on any atom is 0.251 e. The summed E-state index contributed by atoms with van der Waals surface area (Å²) in [7, 11) is 0. The molecule has 148 valence electrons. The Balaban J connectivity index is 1.47. The van der Waals surface area contributed by atoms with E-state index in [1.54, 1.807) is 12.1 Å². The van der Waals surface area contributed by atoms with Crippen LogP contribution in [-0.2, 0) is 0 Å². The molecule has 1 heterocycles. The van der Waals surface area contributed by atoms with Gasteiger partial charge in [0.25, 0.3) is 5.91 Å². The van der Waals surface area contributed by atoms with Crippen LogP contribution in [0.4, 0.5) is 0 Å². The van der Waals surface area contributed by atoms with E-state index < -0.39 is 0 Å². The topological polar surface area (TPSA) is 32.3 Å². The molecule has 0 atom stereocenters. The predicted molar refractivity (Wildman–Crippen MR) is 120 cm³/mol. The molecule has 1 amide bonds. The van der Waals surface area contributed by atoms with Gasteiger partial charge in [-0.15, -0.1) is 0 Å². The van der Waals surface area contributed by atoms with Crippen molar-refractivity contribution in [3.05, 3.63) is 83.4 Å². The van der Waals surface area contributed by atoms with E-state index >= 15 is 0 Å². The van der Waals surface area contributed by atoms with E-state index in [0.717, 1.165) is 36.3 Å². The van der Waals surface area contributed by atoms with Gasteiger partial charge < -0.3 is 10.2 Å². The van der Waals surface area contributed by atoms with Gasteiger partial charge >= 0.3 is 0 Å². The first kappa shape index (κ1) is 19.7. The molecular formula is C25H25ClN2O. The highest BCUT2D eigenvalue weighted by Gasteiger charge is 2.13. The third kappa shape index (κ3) is 4.87. The van der Waals surface area contributed by atoms with Crippen LogP contribution in [-0.4, -0.2) is 37.0 Å². The number of carbonyl (C=O) groups is 1. The molecule has 0 unspecified atom stereocenters. The Bertz CT molecular complexity index is 964. The van der Waals surface area contributed by atoms with Gasteiger partial charge in [-0.05, 0) is 60.8 Å². The van der Waals surface area contributed by atoms with Crippen molar-refractivity contribution < 1.29 is 4.79 Å². The lowest BCUT2D eigenvalue weighted by Crippen LogP contribution is -2.33. The van der Waals surface area contributed by atoms with E-state index in [0.29, 0.717) is 17.1 Å². The van der Waals surface area contributed by atoms with Crippen LogP contribution in [0.25, 0.3) is 22.3 Å². The second-order valence-corrected chi connectivity index (χ2v) is 7.85. The summed E-state index contributed by atoms with van der Waals surface area (Å²) in [6.07, 6.45) is 2.52. The summed E-state index contributed by atoms with van der Waals surface area (Å²) in [6.45, 7) is 3.86. The minimum absolute atomic E-state index is 0.0528. The van der Waals surface area contributed by atoms with E-state index in [-0.39, 0.29) is 5.91 Å². The normalized spacial score (nSPS) is 14.1. The van der Waals surface area contributed by atoms with Crippen LogP contribution in [0.3, 0.4) is 0 Å². The molecule has 0 bridgehead atoms. The number of rotatable bonds is 6. The van der Waals surface area contributed by atoms with E-state index in [9.17, 15) is 4.79 Å². The van der Waals surface area contributed by atoms with Crippen LogP contribution in [0.2, 0.25) is 5.02 Å². The van der Waals surface area contributed by atoms with Gasteiger partial charge in [-0.3, -0.25) is 4.79 Å². The number of nitrogens with one attached hydrogen (secondary N) is 1. The van der Waals surface area contributed by atoms with Gasteiger partial charge in [0.2, 0.25) is 0 Å². The maximum atomic E-state index is 12.6. The number of benzene rings is 3. The molecule has 0 saturated carbocycles. The fraction of sp³-hybridized carbons (Fsp3) is 0.240. The average molecular weight is 405 g/mol. The molecule has 0 radical (unpaired) electrons. The highest BCUT2D eigenvalue weighted by molar-refractivity contribution is 6.33. The second-order valence-electron chi connectivity index (χ2n) is 7.44. The quantitative estimate of drug-likeness (QED) is 0.588. The highest BCUT2D eigenvalue weighted by Crippen LogP contribution is 2.31. The zero-order valence-corrected chi connectivity index (χ0v) is 17.2. The van der Waals surface area contributed by atoms with E-state index in [1.165, 1.54) is 18.4 Å². The summed E-state index contributed by atoms with van der Waals surface area (Å²) in [5.74, 6) is -0.0528. The number of halogens is 1. The van der Waals surface area contributed by atoms with Gasteiger partial charge in [-0.25, -0.2) is 0 Å². The summed E-state index contributed by atoms with van der Waals surface area (Å²) in [4.78, 5) is 15.0. The highest BCUT2D eigenvalue weighted by atomic mass is 35.5. The molecule has 3 aromatic rings.